The van der Waals surface area contributed by atoms with Crippen LogP contribution in [0.25, 0.3) is 0 Å². The standard InChI is InChI=1S/C14H8BrClFNO3/c15-10-3-1-2-9(12(10)16)13(19)18-11-6-7(17)4-5-8(11)14(20)21/h1-6H,(H,18,19)(H,20,21). The highest BCUT2D eigenvalue weighted by atomic mass is 79.9. The van der Waals surface area contributed by atoms with Gasteiger partial charge in [-0.3, -0.25) is 4.79 Å². The highest BCUT2D eigenvalue weighted by Crippen LogP contribution is 2.27. The zero-order valence-electron chi connectivity index (χ0n) is 10.4. The second-order valence-corrected chi connectivity index (χ2v) is 5.28. The van der Waals surface area contributed by atoms with E-state index >= 15 is 0 Å². The molecule has 0 aromatic heterocycles. The Morgan fingerprint density at radius 2 is 1.90 bits per heavy atom. The molecule has 0 spiro atoms. The number of hydrogen-bond donors (Lipinski definition) is 2. The maximum Gasteiger partial charge on any atom is 0.337 e. The van der Waals surface area contributed by atoms with Crippen LogP contribution < -0.4 is 5.32 Å². The van der Waals surface area contributed by atoms with E-state index in [0.717, 1.165) is 18.2 Å². The van der Waals surface area contributed by atoms with Gasteiger partial charge in [-0.1, -0.05) is 17.7 Å². The predicted molar refractivity (Wildman–Crippen MR) is 80.5 cm³/mol. The fourth-order valence-corrected chi connectivity index (χ4v) is 2.25. The maximum absolute atomic E-state index is 13.2. The van der Waals surface area contributed by atoms with Crippen LogP contribution in [0.15, 0.2) is 40.9 Å². The Morgan fingerprint density at radius 1 is 1.19 bits per heavy atom. The average molecular weight is 373 g/mol. The van der Waals surface area contributed by atoms with Crippen molar-refractivity contribution in [3.63, 3.8) is 0 Å². The molecular formula is C14H8BrClFNO3. The van der Waals surface area contributed by atoms with Crippen molar-refractivity contribution in [2.24, 2.45) is 0 Å². The summed E-state index contributed by atoms with van der Waals surface area (Å²) in [5.74, 6) is -2.56. The Hall–Kier alpha value is -1.92. The molecule has 0 aliphatic rings. The van der Waals surface area contributed by atoms with Gasteiger partial charge in [0.05, 0.1) is 21.8 Å². The van der Waals surface area contributed by atoms with Crippen LogP contribution in [0, 0.1) is 5.82 Å². The van der Waals surface area contributed by atoms with E-state index in [1.165, 1.54) is 6.07 Å². The van der Waals surface area contributed by atoms with E-state index in [0.29, 0.717) is 4.47 Å². The van der Waals surface area contributed by atoms with Gasteiger partial charge in [0.15, 0.2) is 0 Å². The van der Waals surface area contributed by atoms with Crippen LogP contribution in [-0.2, 0) is 0 Å². The first-order valence-corrected chi connectivity index (χ1v) is 6.85. The molecule has 7 heteroatoms. The van der Waals surface area contributed by atoms with Gasteiger partial charge in [0.2, 0.25) is 0 Å². The number of carboxylic acid groups (broad SMARTS) is 1. The maximum atomic E-state index is 13.2. The lowest BCUT2D eigenvalue weighted by Gasteiger charge is -2.10. The van der Waals surface area contributed by atoms with E-state index in [4.69, 9.17) is 16.7 Å². The van der Waals surface area contributed by atoms with Crippen molar-refractivity contribution >= 4 is 45.1 Å². The normalized spacial score (nSPS) is 10.2. The summed E-state index contributed by atoms with van der Waals surface area (Å²) in [5, 5.41) is 11.6. The third kappa shape index (κ3) is 3.40. The van der Waals surface area contributed by atoms with Crippen molar-refractivity contribution in [1.82, 2.24) is 0 Å². The van der Waals surface area contributed by atoms with Crippen LogP contribution in [-0.4, -0.2) is 17.0 Å². The fraction of sp³-hybridized carbons (Fsp3) is 0. The Bertz CT molecular complexity index is 736. The van der Waals surface area contributed by atoms with Crippen LogP contribution in [0.3, 0.4) is 0 Å². The van der Waals surface area contributed by atoms with Crippen LogP contribution in [0.5, 0.6) is 0 Å². The van der Waals surface area contributed by atoms with Gasteiger partial charge in [0.25, 0.3) is 5.91 Å². The SMILES string of the molecule is O=C(O)c1ccc(F)cc1NC(=O)c1cccc(Br)c1Cl. The number of nitrogens with one attached hydrogen (secondary N) is 1. The summed E-state index contributed by atoms with van der Waals surface area (Å²) in [4.78, 5) is 23.2. The molecule has 2 aromatic rings. The zero-order valence-corrected chi connectivity index (χ0v) is 12.7. The summed E-state index contributed by atoms with van der Waals surface area (Å²) < 4.78 is 13.8. The summed E-state index contributed by atoms with van der Waals surface area (Å²) in [6, 6.07) is 7.76. The quantitative estimate of drug-likeness (QED) is 0.849. The van der Waals surface area contributed by atoms with E-state index in [1.807, 2.05) is 0 Å². The molecule has 0 radical (unpaired) electrons. The second kappa shape index (κ2) is 6.24. The predicted octanol–water partition coefficient (Wildman–Crippen LogP) is 4.19. The molecule has 0 unspecified atom stereocenters. The minimum atomic E-state index is -1.27. The molecule has 0 saturated heterocycles. The highest BCUT2D eigenvalue weighted by Gasteiger charge is 2.17. The summed E-state index contributed by atoms with van der Waals surface area (Å²) in [6.07, 6.45) is 0. The lowest BCUT2D eigenvalue weighted by atomic mass is 10.1. The smallest absolute Gasteiger partial charge is 0.337 e. The number of rotatable bonds is 3. The monoisotopic (exact) mass is 371 g/mol. The minimum Gasteiger partial charge on any atom is -0.478 e. The lowest BCUT2D eigenvalue weighted by molar-refractivity contribution is 0.0698. The summed E-state index contributed by atoms with van der Waals surface area (Å²) in [5.41, 5.74) is -0.203. The van der Waals surface area contributed by atoms with E-state index in [2.05, 4.69) is 21.2 Å². The number of carboxylic acids is 1. The number of halogens is 3. The molecule has 2 aromatic carbocycles. The molecule has 108 valence electrons. The Kier molecular flexibility index (Phi) is 4.59. The molecule has 0 bridgehead atoms. The molecule has 2 N–H and O–H groups in total. The first kappa shape index (κ1) is 15.5. The number of hydrogen-bond acceptors (Lipinski definition) is 2. The Balaban J connectivity index is 2.38. The third-order valence-electron chi connectivity index (χ3n) is 2.66. The van der Waals surface area contributed by atoms with Crippen LogP contribution in [0.2, 0.25) is 5.02 Å². The van der Waals surface area contributed by atoms with Gasteiger partial charge < -0.3 is 10.4 Å². The van der Waals surface area contributed by atoms with E-state index < -0.39 is 17.7 Å². The molecule has 4 nitrogen and oxygen atoms in total. The largest absolute Gasteiger partial charge is 0.478 e. The van der Waals surface area contributed by atoms with E-state index in [-0.39, 0.29) is 21.8 Å². The van der Waals surface area contributed by atoms with Crippen molar-refractivity contribution < 1.29 is 19.1 Å². The molecule has 2 rings (SSSR count). The molecule has 0 saturated carbocycles. The lowest BCUT2D eigenvalue weighted by Crippen LogP contribution is -2.15. The highest BCUT2D eigenvalue weighted by molar-refractivity contribution is 9.10. The topological polar surface area (TPSA) is 66.4 Å². The van der Waals surface area contributed by atoms with Gasteiger partial charge in [0, 0.05) is 4.47 Å². The third-order valence-corrected chi connectivity index (χ3v) is 3.95. The summed E-state index contributed by atoms with van der Waals surface area (Å²) in [7, 11) is 0. The minimum absolute atomic E-state index is 0.136. The van der Waals surface area contributed by atoms with Gasteiger partial charge in [-0.05, 0) is 46.3 Å². The number of anilines is 1. The Morgan fingerprint density at radius 3 is 2.57 bits per heavy atom. The molecule has 0 aliphatic carbocycles. The molecular weight excluding hydrogens is 365 g/mol. The van der Waals surface area contributed by atoms with Crippen LogP contribution >= 0.6 is 27.5 Å². The first-order valence-electron chi connectivity index (χ1n) is 5.68. The van der Waals surface area contributed by atoms with Crippen molar-refractivity contribution in [1.29, 1.82) is 0 Å². The number of amides is 1. The van der Waals surface area contributed by atoms with Crippen LogP contribution in [0.1, 0.15) is 20.7 Å². The fourth-order valence-electron chi connectivity index (χ4n) is 1.68. The number of carbonyl (C=O) groups excluding carboxylic acids is 1. The van der Waals surface area contributed by atoms with E-state index in [1.54, 1.807) is 12.1 Å². The summed E-state index contributed by atoms with van der Waals surface area (Å²) >= 11 is 9.17. The van der Waals surface area contributed by atoms with Crippen molar-refractivity contribution in [3.05, 3.63) is 62.8 Å². The van der Waals surface area contributed by atoms with Crippen molar-refractivity contribution in [3.8, 4) is 0 Å². The number of benzene rings is 2. The first-order chi connectivity index (χ1) is 9.90. The number of carbonyl (C=O) groups is 2. The molecule has 0 heterocycles. The van der Waals surface area contributed by atoms with Crippen molar-refractivity contribution in [2.75, 3.05) is 5.32 Å². The average Bonchev–Trinajstić information content (AvgIpc) is 2.41. The van der Waals surface area contributed by atoms with Gasteiger partial charge in [-0.25, -0.2) is 9.18 Å². The molecule has 0 aliphatic heterocycles. The molecule has 0 atom stereocenters. The van der Waals surface area contributed by atoms with Crippen molar-refractivity contribution in [2.45, 2.75) is 0 Å². The zero-order chi connectivity index (χ0) is 15.6. The van der Waals surface area contributed by atoms with E-state index in [9.17, 15) is 14.0 Å². The van der Waals surface area contributed by atoms with Gasteiger partial charge in [-0.2, -0.15) is 0 Å². The van der Waals surface area contributed by atoms with Crippen LogP contribution in [0.4, 0.5) is 10.1 Å². The Labute approximate surface area is 132 Å². The second-order valence-electron chi connectivity index (χ2n) is 4.05. The van der Waals surface area contributed by atoms with Gasteiger partial charge >= 0.3 is 5.97 Å². The number of aromatic carboxylic acids is 1. The molecule has 0 fully saturated rings. The molecule has 1 amide bonds. The van der Waals surface area contributed by atoms with Gasteiger partial charge in [-0.15, -0.1) is 0 Å². The summed E-state index contributed by atoms with van der Waals surface area (Å²) in [6.45, 7) is 0. The van der Waals surface area contributed by atoms with Gasteiger partial charge in [0.1, 0.15) is 5.82 Å². The molecule has 21 heavy (non-hydrogen) atoms.